The van der Waals surface area contributed by atoms with Gasteiger partial charge in [0.25, 0.3) is 0 Å². The molecule has 0 fully saturated rings. The fourth-order valence-electron chi connectivity index (χ4n) is 0.895. The fourth-order valence-corrected chi connectivity index (χ4v) is 0.895. The van der Waals surface area contributed by atoms with Gasteiger partial charge in [-0.05, 0) is 18.4 Å². The molecule has 1 nitrogen and oxygen atoms in total. The van der Waals surface area contributed by atoms with Gasteiger partial charge in [-0.3, -0.25) is 0 Å². The highest BCUT2D eigenvalue weighted by Gasteiger charge is 2.02. The Morgan fingerprint density at radius 2 is 2.60 bits per heavy atom. The fraction of sp³-hybridized carbons (Fsp3) is 0.222. The number of hydrogen-bond donors (Lipinski definition) is 0. The van der Waals surface area contributed by atoms with Crippen LogP contribution in [0.2, 0.25) is 0 Å². The third kappa shape index (κ3) is 1.35. The lowest BCUT2D eigenvalue weighted by atomic mass is 9.98. The van der Waals surface area contributed by atoms with Crippen LogP contribution >= 0.6 is 0 Å². The summed E-state index contributed by atoms with van der Waals surface area (Å²) in [6.45, 7) is 3.67. The summed E-state index contributed by atoms with van der Waals surface area (Å²) in [7, 11) is 0. The molecule has 0 radical (unpaired) electrons. The van der Waals surface area contributed by atoms with Crippen molar-refractivity contribution in [1.29, 1.82) is 5.26 Å². The van der Waals surface area contributed by atoms with Crippen LogP contribution in [0.3, 0.4) is 0 Å². The predicted octanol–water partition coefficient (Wildman–Crippen LogP) is 2.20. The molecule has 0 aromatic rings. The van der Waals surface area contributed by atoms with Crippen molar-refractivity contribution in [2.75, 3.05) is 0 Å². The second-order valence-corrected chi connectivity index (χ2v) is 2.27. The second kappa shape index (κ2) is 3.03. The van der Waals surface area contributed by atoms with E-state index in [9.17, 15) is 0 Å². The molecule has 1 heteroatoms. The third-order valence-corrected chi connectivity index (χ3v) is 1.56. The van der Waals surface area contributed by atoms with Crippen molar-refractivity contribution in [3.63, 3.8) is 0 Å². The molecule has 1 rings (SSSR count). The zero-order chi connectivity index (χ0) is 7.40. The highest BCUT2D eigenvalue weighted by Crippen LogP contribution is 2.15. The summed E-state index contributed by atoms with van der Waals surface area (Å²) in [5.74, 6) is 0.428. The van der Waals surface area contributed by atoms with Gasteiger partial charge in [-0.2, -0.15) is 5.26 Å². The van der Waals surface area contributed by atoms with Crippen LogP contribution in [0.1, 0.15) is 6.42 Å². The SMILES string of the molecule is C=CC1C=CC(C#N)=CC1. The molecule has 1 aliphatic carbocycles. The molecule has 1 atom stereocenters. The molecule has 0 bridgehead atoms. The maximum absolute atomic E-state index is 8.45. The molecule has 0 amide bonds. The van der Waals surface area contributed by atoms with Crippen molar-refractivity contribution in [3.8, 4) is 6.07 Å². The van der Waals surface area contributed by atoms with Gasteiger partial charge in [0, 0.05) is 5.57 Å². The molecule has 0 aromatic carbocycles. The quantitative estimate of drug-likeness (QED) is 0.500. The summed E-state index contributed by atoms with van der Waals surface area (Å²) in [6.07, 6.45) is 8.60. The van der Waals surface area contributed by atoms with Gasteiger partial charge in [-0.1, -0.05) is 18.2 Å². The minimum Gasteiger partial charge on any atom is -0.192 e. The smallest absolute Gasteiger partial charge is 0.0988 e. The number of rotatable bonds is 1. The molecule has 0 spiro atoms. The van der Waals surface area contributed by atoms with E-state index in [2.05, 4.69) is 12.6 Å². The monoisotopic (exact) mass is 131 g/mol. The van der Waals surface area contributed by atoms with E-state index in [1.807, 2.05) is 24.3 Å². The molecular formula is C9H9N. The maximum Gasteiger partial charge on any atom is 0.0988 e. The molecule has 0 aromatic heterocycles. The van der Waals surface area contributed by atoms with E-state index in [4.69, 9.17) is 5.26 Å². The zero-order valence-electron chi connectivity index (χ0n) is 5.75. The van der Waals surface area contributed by atoms with Crippen molar-refractivity contribution in [2.45, 2.75) is 6.42 Å². The first-order valence-electron chi connectivity index (χ1n) is 3.28. The molecule has 50 valence electrons. The average molecular weight is 131 g/mol. The van der Waals surface area contributed by atoms with Gasteiger partial charge in [0.2, 0.25) is 0 Å². The Balaban J connectivity index is 2.65. The minimum absolute atomic E-state index is 0.428. The van der Waals surface area contributed by atoms with Crippen LogP contribution in [-0.2, 0) is 0 Å². The van der Waals surface area contributed by atoms with Gasteiger partial charge >= 0.3 is 0 Å². The minimum atomic E-state index is 0.428. The lowest BCUT2D eigenvalue weighted by molar-refractivity contribution is 0.820. The van der Waals surface area contributed by atoms with E-state index in [-0.39, 0.29) is 0 Å². The zero-order valence-corrected chi connectivity index (χ0v) is 5.75. The number of allylic oxidation sites excluding steroid dienone is 5. The average Bonchev–Trinajstić information content (AvgIpc) is 2.05. The van der Waals surface area contributed by atoms with Crippen molar-refractivity contribution in [1.82, 2.24) is 0 Å². The summed E-state index contributed by atoms with van der Waals surface area (Å²) in [5.41, 5.74) is 0.762. The summed E-state index contributed by atoms with van der Waals surface area (Å²) in [4.78, 5) is 0. The highest BCUT2D eigenvalue weighted by molar-refractivity contribution is 5.36. The lowest BCUT2D eigenvalue weighted by Crippen LogP contribution is -1.93. The molecule has 1 aliphatic rings. The van der Waals surface area contributed by atoms with Crippen LogP contribution in [0.25, 0.3) is 0 Å². The Morgan fingerprint density at radius 1 is 1.80 bits per heavy atom. The van der Waals surface area contributed by atoms with Gasteiger partial charge in [0.05, 0.1) is 6.07 Å². The van der Waals surface area contributed by atoms with Crippen molar-refractivity contribution < 1.29 is 0 Å². The van der Waals surface area contributed by atoms with E-state index in [0.29, 0.717) is 5.92 Å². The first-order valence-corrected chi connectivity index (χ1v) is 3.28. The standard InChI is InChI=1S/C9H9N/c1-2-8-3-5-9(7-10)6-4-8/h2-3,5-6,8H,1,4H2. The van der Waals surface area contributed by atoms with Crippen LogP contribution in [0.5, 0.6) is 0 Å². The highest BCUT2D eigenvalue weighted by atomic mass is 14.2. The molecule has 0 aliphatic heterocycles. The van der Waals surface area contributed by atoms with E-state index < -0.39 is 0 Å². The van der Waals surface area contributed by atoms with Gasteiger partial charge in [-0.15, -0.1) is 6.58 Å². The summed E-state index contributed by atoms with van der Waals surface area (Å²) < 4.78 is 0. The topological polar surface area (TPSA) is 23.8 Å². The van der Waals surface area contributed by atoms with Crippen molar-refractivity contribution in [2.24, 2.45) is 5.92 Å². The second-order valence-electron chi connectivity index (χ2n) is 2.27. The molecule has 10 heavy (non-hydrogen) atoms. The molecule has 0 N–H and O–H groups in total. The van der Waals surface area contributed by atoms with E-state index in [0.717, 1.165) is 12.0 Å². The van der Waals surface area contributed by atoms with Gasteiger partial charge in [0.15, 0.2) is 0 Å². The normalized spacial score (nSPS) is 23.1. The molecular weight excluding hydrogens is 122 g/mol. The third-order valence-electron chi connectivity index (χ3n) is 1.56. The number of nitrogens with zero attached hydrogens (tertiary/aromatic N) is 1. The Hall–Kier alpha value is -1.29. The molecule has 0 heterocycles. The molecule has 0 saturated carbocycles. The summed E-state index contributed by atoms with van der Waals surface area (Å²) >= 11 is 0. The van der Waals surface area contributed by atoms with Gasteiger partial charge in [0.1, 0.15) is 0 Å². The first kappa shape index (κ1) is 6.82. The Labute approximate surface area is 61.0 Å². The van der Waals surface area contributed by atoms with Gasteiger partial charge < -0.3 is 0 Å². The van der Waals surface area contributed by atoms with Crippen molar-refractivity contribution >= 4 is 0 Å². The summed E-state index contributed by atoms with van der Waals surface area (Å²) in [6, 6.07) is 2.09. The number of hydrogen-bond acceptors (Lipinski definition) is 1. The summed E-state index contributed by atoms with van der Waals surface area (Å²) in [5, 5.41) is 8.45. The van der Waals surface area contributed by atoms with Crippen LogP contribution < -0.4 is 0 Å². The van der Waals surface area contributed by atoms with Gasteiger partial charge in [-0.25, -0.2) is 0 Å². The van der Waals surface area contributed by atoms with Crippen LogP contribution in [-0.4, -0.2) is 0 Å². The van der Waals surface area contributed by atoms with Crippen LogP contribution in [0.15, 0.2) is 36.5 Å². The Bertz CT molecular complexity index is 228. The lowest BCUT2D eigenvalue weighted by Gasteiger charge is -2.06. The van der Waals surface area contributed by atoms with Crippen molar-refractivity contribution in [3.05, 3.63) is 36.5 Å². The van der Waals surface area contributed by atoms with E-state index >= 15 is 0 Å². The molecule has 1 unspecified atom stereocenters. The predicted molar refractivity (Wildman–Crippen MR) is 41.1 cm³/mol. The Morgan fingerprint density at radius 3 is 3.00 bits per heavy atom. The van der Waals surface area contributed by atoms with E-state index in [1.54, 1.807) is 0 Å². The Kier molecular flexibility index (Phi) is 2.07. The van der Waals surface area contributed by atoms with Crippen LogP contribution in [0, 0.1) is 17.2 Å². The van der Waals surface area contributed by atoms with Crippen LogP contribution in [0.4, 0.5) is 0 Å². The molecule has 0 saturated heterocycles. The maximum atomic E-state index is 8.45. The largest absolute Gasteiger partial charge is 0.192 e. The number of nitriles is 1. The van der Waals surface area contributed by atoms with E-state index in [1.165, 1.54) is 0 Å². The first-order chi connectivity index (χ1) is 4.86.